The van der Waals surface area contributed by atoms with E-state index in [0.29, 0.717) is 6.42 Å². The van der Waals surface area contributed by atoms with Crippen LogP contribution in [0.5, 0.6) is 0 Å². The molecule has 0 aliphatic heterocycles. The third-order valence-corrected chi connectivity index (χ3v) is 1.49. The Bertz CT molecular complexity index is 170. The minimum atomic E-state index is -0.467. The molecule has 0 saturated carbocycles. The zero-order valence-corrected chi connectivity index (χ0v) is 7.39. The molecule has 4 N–H and O–H groups in total. The Morgan fingerprint density at radius 2 is 2.08 bits per heavy atom. The molecular formula is C7H15N3O2. The summed E-state index contributed by atoms with van der Waals surface area (Å²) in [4.78, 5) is 21.8. The largest absolute Gasteiger partial charge is 0.357 e. The summed E-state index contributed by atoms with van der Waals surface area (Å²) in [5, 5.41) is 4.94. The highest BCUT2D eigenvalue weighted by molar-refractivity contribution is 5.87. The normalized spacial score (nSPS) is 11.9. The molecule has 0 spiro atoms. The molecule has 5 heteroatoms. The van der Waals surface area contributed by atoms with Crippen molar-refractivity contribution in [3.05, 3.63) is 0 Å². The first-order chi connectivity index (χ1) is 5.65. The lowest BCUT2D eigenvalue weighted by Crippen LogP contribution is -2.47. The van der Waals surface area contributed by atoms with Crippen molar-refractivity contribution in [3.8, 4) is 0 Å². The van der Waals surface area contributed by atoms with E-state index in [4.69, 9.17) is 5.73 Å². The molecular weight excluding hydrogens is 158 g/mol. The number of hydrogen-bond acceptors (Lipinski definition) is 3. The van der Waals surface area contributed by atoms with Gasteiger partial charge in [-0.1, -0.05) is 6.92 Å². The van der Waals surface area contributed by atoms with Crippen LogP contribution in [0.3, 0.4) is 0 Å². The third-order valence-electron chi connectivity index (χ3n) is 1.49. The second kappa shape index (κ2) is 5.54. The van der Waals surface area contributed by atoms with Gasteiger partial charge in [-0.05, 0) is 6.42 Å². The number of hydrogen-bond donors (Lipinski definition) is 3. The summed E-state index contributed by atoms with van der Waals surface area (Å²) in [7, 11) is 1.53. The molecule has 1 unspecified atom stereocenters. The first-order valence-corrected chi connectivity index (χ1v) is 3.86. The first kappa shape index (κ1) is 10.9. The number of likely N-dealkylation sites (N-methyl/N-ethyl adjacent to an activating group) is 1. The van der Waals surface area contributed by atoms with Crippen LogP contribution in [0.25, 0.3) is 0 Å². The number of carbonyl (C=O) groups excluding carboxylic acids is 2. The highest BCUT2D eigenvalue weighted by atomic mass is 16.2. The van der Waals surface area contributed by atoms with E-state index in [-0.39, 0.29) is 18.4 Å². The average Bonchev–Trinajstić information content (AvgIpc) is 2.12. The Morgan fingerprint density at radius 3 is 2.42 bits per heavy atom. The van der Waals surface area contributed by atoms with E-state index in [1.807, 2.05) is 6.92 Å². The van der Waals surface area contributed by atoms with Crippen molar-refractivity contribution in [1.82, 2.24) is 10.6 Å². The van der Waals surface area contributed by atoms with Crippen molar-refractivity contribution in [2.75, 3.05) is 13.6 Å². The van der Waals surface area contributed by atoms with E-state index >= 15 is 0 Å². The van der Waals surface area contributed by atoms with E-state index in [0.717, 1.165) is 0 Å². The van der Waals surface area contributed by atoms with Gasteiger partial charge in [0.15, 0.2) is 0 Å². The second-order valence-electron chi connectivity index (χ2n) is 2.35. The number of carbonyl (C=O) groups is 2. The van der Waals surface area contributed by atoms with Gasteiger partial charge >= 0.3 is 0 Å². The zero-order valence-electron chi connectivity index (χ0n) is 7.39. The van der Waals surface area contributed by atoms with Gasteiger partial charge in [0.2, 0.25) is 11.8 Å². The van der Waals surface area contributed by atoms with E-state index in [9.17, 15) is 9.59 Å². The van der Waals surface area contributed by atoms with Crippen molar-refractivity contribution >= 4 is 11.8 Å². The molecule has 2 amide bonds. The highest BCUT2D eigenvalue weighted by Crippen LogP contribution is 1.89. The van der Waals surface area contributed by atoms with Gasteiger partial charge in [-0.25, -0.2) is 0 Å². The van der Waals surface area contributed by atoms with Gasteiger partial charge in [-0.3, -0.25) is 9.59 Å². The Kier molecular flexibility index (Phi) is 5.03. The number of nitrogens with two attached hydrogens (primary N) is 1. The maximum Gasteiger partial charge on any atom is 0.242 e. The number of amides is 2. The minimum absolute atomic E-state index is 0.0898. The smallest absolute Gasteiger partial charge is 0.242 e. The van der Waals surface area contributed by atoms with Crippen LogP contribution < -0.4 is 16.4 Å². The Balaban J connectivity index is 3.99. The Labute approximate surface area is 71.7 Å². The van der Waals surface area contributed by atoms with Crippen LogP contribution in [0.2, 0.25) is 0 Å². The summed E-state index contributed by atoms with van der Waals surface area (Å²) in [6, 6.07) is -0.467. The van der Waals surface area contributed by atoms with Crippen molar-refractivity contribution in [1.29, 1.82) is 0 Å². The quantitative estimate of drug-likeness (QED) is 0.488. The van der Waals surface area contributed by atoms with Gasteiger partial charge in [-0.15, -0.1) is 0 Å². The average molecular weight is 173 g/mol. The second-order valence-corrected chi connectivity index (χ2v) is 2.35. The molecule has 0 bridgehead atoms. The van der Waals surface area contributed by atoms with Gasteiger partial charge < -0.3 is 16.4 Å². The van der Waals surface area contributed by atoms with Crippen molar-refractivity contribution in [2.24, 2.45) is 5.73 Å². The van der Waals surface area contributed by atoms with E-state index < -0.39 is 6.04 Å². The summed E-state index contributed by atoms with van der Waals surface area (Å²) >= 11 is 0. The van der Waals surface area contributed by atoms with E-state index in [2.05, 4.69) is 10.6 Å². The fourth-order valence-corrected chi connectivity index (χ4v) is 0.780. The van der Waals surface area contributed by atoms with Crippen LogP contribution in [-0.4, -0.2) is 31.4 Å². The van der Waals surface area contributed by atoms with Gasteiger partial charge in [0.05, 0.1) is 6.54 Å². The maximum atomic E-state index is 11.0. The van der Waals surface area contributed by atoms with Gasteiger partial charge in [0.1, 0.15) is 6.04 Å². The molecule has 70 valence electrons. The van der Waals surface area contributed by atoms with Crippen LogP contribution in [-0.2, 0) is 9.59 Å². The van der Waals surface area contributed by atoms with Crippen LogP contribution >= 0.6 is 0 Å². The molecule has 0 heterocycles. The predicted octanol–water partition coefficient (Wildman–Crippen LogP) is -1.41. The summed E-state index contributed by atoms with van der Waals surface area (Å²) in [6.45, 7) is 1.73. The fraction of sp³-hybridized carbons (Fsp3) is 0.714. The monoisotopic (exact) mass is 173 g/mol. The Hall–Kier alpha value is -1.10. The maximum absolute atomic E-state index is 11.0. The number of nitrogens with one attached hydrogen (secondary N) is 2. The van der Waals surface area contributed by atoms with Crippen LogP contribution in [0.1, 0.15) is 13.3 Å². The van der Waals surface area contributed by atoms with Gasteiger partial charge in [-0.2, -0.15) is 0 Å². The lowest BCUT2D eigenvalue weighted by atomic mass is 10.2. The molecule has 12 heavy (non-hydrogen) atoms. The summed E-state index contributed by atoms with van der Waals surface area (Å²) in [6.07, 6.45) is 0.561. The van der Waals surface area contributed by atoms with Gasteiger partial charge in [0.25, 0.3) is 0 Å². The first-order valence-electron chi connectivity index (χ1n) is 3.86. The molecule has 0 radical (unpaired) electrons. The number of rotatable bonds is 4. The lowest BCUT2D eigenvalue weighted by Gasteiger charge is -2.14. The molecule has 0 aromatic rings. The van der Waals surface area contributed by atoms with Crippen LogP contribution in [0, 0.1) is 0 Å². The molecule has 0 saturated heterocycles. The van der Waals surface area contributed by atoms with E-state index in [1.165, 1.54) is 7.05 Å². The molecule has 0 aromatic heterocycles. The molecule has 0 aromatic carbocycles. The molecule has 1 atom stereocenters. The molecule has 5 nitrogen and oxygen atoms in total. The predicted molar refractivity (Wildman–Crippen MR) is 45.3 cm³/mol. The molecule has 0 aliphatic rings. The standard InChI is InChI=1S/C7H15N3O2/c1-3-5(7(12)9-2)10-6(11)4-8/h5H,3-4,8H2,1-2H3,(H,9,12)(H,10,11). The molecule has 0 rings (SSSR count). The van der Waals surface area contributed by atoms with Gasteiger partial charge in [0, 0.05) is 7.05 Å². The molecule has 0 aliphatic carbocycles. The molecule has 0 fully saturated rings. The Morgan fingerprint density at radius 1 is 1.50 bits per heavy atom. The van der Waals surface area contributed by atoms with E-state index in [1.54, 1.807) is 0 Å². The van der Waals surface area contributed by atoms with Crippen molar-refractivity contribution < 1.29 is 9.59 Å². The summed E-state index contributed by atoms with van der Waals surface area (Å²) < 4.78 is 0. The third kappa shape index (κ3) is 3.34. The topological polar surface area (TPSA) is 84.2 Å². The van der Waals surface area contributed by atoms with Crippen molar-refractivity contribution in [3.63, 3.8) is 0 Å². The summed E-state index contributed by atoms with van der Waals surface area (Å²) in [5.41, 5.74) is 5.07. The van der Waals surface area contributed by atoms with Crippen LogP contribution in [0.4, 0.5) is 0 Å². The summed E-state index contributed by atoms with van der Waals surface area (Å²) in [5.74, 6) is -0.509. The lowest BCUT2D eigenvalue weighted by molar-refractivity contribution is -0.128. The fourth-order valence-electron chi connectivity index (χ4n) is 0.780. The highest BCUT2D eigenvalue weighted by Gasteiger charge is 2.15. The van der Waals surface area contributed by atoms with Crippen LogP contribution in [0.15, 0.2) is 0 Å². The SMILES string of the molecule is CCC(NC(=O)CN)C(=O)NC. The minimum Gasteiger partial charge on any atom is -0.357 e. The zero-order chi connectivity index (χ0) is 9.56. The van der Waals surface area contributed by atoms with Crippen molar-refractivity contribution in [2.45, 2.75) is 19.4 Å².